The lowest BCUT2D eigenvalue weighted by Crippen LogP contribution is -2.44. The van der Waals surface area contributed by atoms with Crippen molar-refractivity contribution in [2.75, 3.05) is 18.8 Å². The van der Waals surface area contributed by atoms with Gasteiger partial charge in [0.05, 0.1) is 23.6 Å². The van der Waals surface area contributed by atoms with Gasteiger partial charge in [0.1, 0.15) is 0 Å². The molecular formula is C19H28ClN3O3S. The number of sulfonamides is 1. The molecule has 1 unspecified atom stereocenters. The van der Waals surface area contributed by atoms with E-state index >= 15 is 0 Å². The summed E-state index contributed by atoms with van der Waals surface area (Å²) >= 11 is 6.23. The molecule has 0 radical (unpaired) electrons. The van der Waals surface area contributed by atoms with Gasteiger partial charge in [-0.25, -0.2) is 12.7 Å². The zero-order chi connectivity index (χ0) is 19.8. The molecule has 2 N–H and O–H groups in total. The largest absolute Gasteiger partial charge is 0.388 e. The predicted octanol–water partition coefficient (Wildman–Crippen LogP) is 3.73. The first kappa shape index (κ1) is 20.6. The number of rotatable bonds is 6. The van der Waals surface area contributed by atoms with Crippen LogP contribution < -0.4 is 0 Å². The molecule has 8 heteroatoms. The summed E-state index contributed by atoms with van der Waals surface area (Å²) < 4.78 is 26.2. The smallest absolute Gasteiger partial charge is 0.214 e. The van der Waals surface area contributed by atoms with Crippen molar-refractivity contribution in [3.05, 3.63) is 28.9 Å². The van der Waals surface area contributed by atoms with Gasteiger partial charge in [-0.3, -0.25) is 5.10 Å². The molecule has 1 aliphatic heterocycles. The number of aliphatic hydroxyl groups is 1. The zero-order valence-corrected chi connectivity index (χ0v) is 17.6. The number of nitrogens with one attached hydrogen (secondary N) is 1. The lowest BCUT2D eigenvalue weighted by Gasteiger charge is -2.43. The summed E-state index contributed by atoms with van der Waals surface area (Å²) in [5.74, 6) is 0.409. The molecule has 1 aromatic carbocycles. The Hall–Kier alpha value is -1.15. The molecule has 27 heavy (non-hydrogen) atoms. The monoisotopic (exact) mass is 413 g/mol. The molecule has 0 aliphatic carbocycles. The molecule has 6 nitrogen and oxygen atoms in total. The van der Waals surface area contributed by atoms with Gasteiger partial charge in [-0.1, -0.05) is 32.4 Å². The summed E-state index contributed by atoms with van der Waals surface area (Å²) in [5.41, 5.74) is 1.14. The predicted molar refractivity (Wildman–Crippen MR) is 108 cm³/mol. The number of benzene rings is 1. The van der Waals surface area contributed by atoms with Gasteiger partial charge in [0.15, 0.2) is 0 Å². The number of hydrogen-bond donors (Lipinski definition) is 2. The Labute approximate surface area is 166 Å². The van der Waals surface area contributed by atoms with Gasteiger partial charge >= 0.3 is 0 Å². The lowest BCUT2D eigenvalue weighted by molar-refractivity contribution is -0.0112. The Kier molecular flexibility index (Phi) is 5.87. The highest BCUT2D eigenvalue weighted by Gasteiger charge is 2.41. The summed E-state index contributed by atoms with van der Waals surface area (Å²) in [4.78, 5) is 0. The minimum absolute atomic E-state index is 0.199. The maximum atomic E-state index is 12.3. The summed E-state index contributed by atoms with van der Waals surface area (Å²) in [6.45, 7) is 7.00. The molecule has 0 saturated carbocycles. The number of aromatic nitrogens is 2. The molecule has 1 aliphatic rings. The molecular weight excluding hydrogens is 386 g/mol. The maximum Gasteiger partial charge on any atom is 0.214 e. The highest BCUT2D eigenvalue weighted by Crippen LogP contribution is 2.46. The number of halogens is 1. The van der Waals surface area contributed by atoms with Gasteiger partial charge in [-0.15, -0.1) is 0 Å². The number of H-pyrrole nitrogens is 1. The number of piperidine rings is 1. The van der Waals surface area contributed by atoms with Crippen LogP contribution >= 0.6 is 11.6 Å². The molecule has 2 aromatic rings. The van der Waals surface area contributed by atoms with Crippen LogP contribution in [0.15, 0.2) is 18.3 Å². The van der Waals surface area contributed by atoms with Crippen LogP contribution in [0.25, 0.3) is 10.9 Å². The second kappa shape index (κ2) is 7.70. The fourth-order valence-electron chi connectivity index (χ4n) is 4.16. The standard InChI is InChI=1S/C19H28ClN3O3S/c1-4-9-27(25,26)23-7-5-13(6-8-23)19(2,3)18(24)15-10-14(20)11-17-16(15)12-21-22-17/h10-13,18,24H,4-9H2,1-3H3,(H,21,22). The fourth-order valence-corrected chi connectivity index (χ4v) is 5.93. The molecule has 1 saturated heterocycles. The van der Waals surface area contributed by atoms with Crippen molar-refractivity contribution < 1.29 is 13.5 Å². The maximum absolute atomic E-state index is 12.3. The van der Waals surface area contributed by atoms with Crippen LogP contribution in [0.5, 0.6) is 0 Å². The van der Waals surface area contributed by atoms with E-state index in [1.54, 1.807) is 22.6 Å². The molecule has 0 spiro atoms. The van der Waals surface area contributed by atoms with E-state index in [0.717, 1.165) is 29.3 Å². The van der Waals surface area contributed by atoms with Crippen molar-refractivity contribution in [1.82, 2.24) is 14.5 Å². The minimum atomic E-state index is -3.16. The van der Waals surface area contributed by atoms with Crippen molar-refractivity contribution in [2.24, 2.45) is 11.3 Å². The van der Waals surface area contributed by atoms with Gasteiger partial charge in [0.25, 0.3) is 0 Å². The van der Waals surface area contributed by atoms with Crippen LogP contribution in [0, 0.1) is 11.3 Å². The highest BCUT2D eigenvalue weighted by atomic mass is 35.5. The third-order valence-electron chi connectivity index (χ3n) is 5.92. The Balaban J connectivity index is 1.79. The van der Waals surface area contributed by atoms with Crippen molar-refractivity contribution in [2.45, 2.75) is 46.1 Å². The summed E-state index contributed by atoms with van der Waals surface area (Å²) in [6, 6.07) is 3.59. The molecule has 1 aromatic heterocycles. The van der Waals surface area contributed by atoms with E-state index < -0.39 is 21.5 Å². The Morgan fingerprint density at radius 2 is 2.04 bits per heavy atom. The number of nitrogens with zero attached hydrogens (tertiary/aromatic N) is 2. The van der Waals surface area contributed by atoms with E-state index in [1.807, 2.05) is 20.8 Å². The molecule has 3 rings (SSSR count). The van der Waals surface area contributed by atoms with Crippen molar-refractivity contribution in [1.29, 1.82) is 0 Å². The van der Waals surface area contributed by atoms with Gasteiger partial charge in [0, 0.05) is 23.5 Å². The third-order valence-corrected chi connectivity index (χ3v) is 8.21. The summed E-state index contributed by atoms with van der Waals surface area (Å²) in [7, 11) is -3.16. The highest BCUT2D eigenvalue weighted by molar-refractivity contribution is 7.89. The third kappa shape index (κ3) is 4.01. The van der Waals surface area contributed by atoms with Gasteiger partial charge in [-0.05, 0) is 48.3 Å². The van der Waals surface area contributed by atoms with Gasteiger partial charge in [0.2, 0.25) is 10.0 Å². The van der Waals surface area contributed by atoms with E-state index in [4.69, 9.17) is 11.6 Å². The molecule has 1 fully saturated rings. The first-order valence-electron chi connectivity index (χ1n) is 9.45. The van der Waals surface area contributed by atoms with Crippen LogP contribution in [-0.2, 0) is 10.0 Å². The Bertz CT molecular complexity index is 902. The molecule has 150 valence electrons. The van der Waals surface area contributed by atoms with Crippen LogP contribution in [0.1, 0.15) is 51.7 Å². The van der Waals surface area contributed by atoms with Crippen molar-refractivity contribution in [3.63, 3.8) is 0 Å². The van der Waals surface area contributed by atoms with Crippen molar-refractivity contribution in [3.8, 4) is 0 Å². The Morgan fingerprint density at radius 1 is 1.37 bits per heavy atom. The minimum Gasteiger partial charge on any atom is -0.388 e. The van der Waals surface area contributed by atoms with Crippen molar-refractivity contribution >= 4 is 32.5 Å². The van der Waals surface area contributed by atoms with Gasteiger partial charge < -0.3 is 5.11 Å². The lowest BCUT2D eigenvalue weighted by atomic mass is 9.68. The first-order chi connectivity index (χ1) is 12.7. The van der Waals surface area contributed by atoms with E-state index in [1.165, 1.54) is 0 Å². The average Bonchev–Trinajstić information content (AvgIpc) is 3.08. The Morgan fingerprint density at radius 3 is 2.67 bits per heavy atom. The fraction of sp³-hybridized carbons (Fsp3) is 0.632. The van der Waals surface area contributed by atoms with Crippen LogP contribution in [-0.4, -0.2) is 46.9 Å². The number of aromatic amines is 1. The SMILES string of the molecule is CCCS(=O)(=O)N1CCC(C(C)(C)C(O)c2cc(Cl)cc3[nH]ncc23)CC1. The van der Waals surface area contributed by atoms with E-state index in [2.05, 4.69) is 10.2 Å². The summed E-state index contributed by atoms with van der Waals surface area (Å²) in [6.07, 6.45) is 3.09. The van der Waals surface area contributed by atoms with E-state index in [9.17, 15) is 13.5 Å². The van der Waals surface area contributed by atoms with Crippen LogP contribution in [0.2, 0.25) is 5.02 Å². The summed E-state index contributed by atoms with van der Waals surface area (Å²) in [5, 5.41) is 19.6. The number of fused-ring (bicyclic) bond motifs is 1. The van der Waals surface area contributed by atoms with E-state index in [0.29, 0.717) is 24.5 Å². The van der Waals surface area contributed by atoms with Crippen LogP contribution in [0.3, 0.4) is 0 Å². The number of hydrogen-bond acceptors (Lipinski definition) is 4. The second-order valence-electron chi connectivity index (χ2n) is 8.04. The van der Waals surface area contributed by atoms with E-state index in [-0.39, 0.29) is 11.7 Å². The van der Waals surface area contributed by atoms with Gasteiger partial charge in [-0.2, -0.15) is 5.10 Å². The normalized spacial score (nSPS) is 18.9. The average molecular weight is 414 g/mol. The first-order valence-corrected chi connectivity index (χ1v) is 11.4. The number of aliphatic hydroxyl groups excluding tert-OH is 1. The molecule has 2 heterocycles. The quantitative estimate of drug-likeness (QED) is 0.755. The molecule has 0 amide bonds. The zero-order valence-electron chi connectivity index (χ0n) is 16.1. The molecule has 0 bridgehead atoms. The van der Waals surface area contributed by atoms with Crippen LogP contribution in [0.4, 0.5) is 0 Å². The second-order valence-corrected chi connectivity index (χ2v) is 10.6. The topological polar surface area (TPSA) is 86.3 Å². The molecule has 1 atom stereocenters.